The van der Waals surface area contributed by atoms with Crippen LogP contribution in [0.1, 0.15) is 16.9 Å². The van der Waals surface area contributed by atoms with Gasteiger partial charge in [0.05, 0.1) is 0 Å². The summed E-state index contributed by atoms with van der Waals surface area (Å²) in [4.78, 5) is 13.0. The van der Waals surface area contributed by atoms with Crippen LogP contribution in [0, 0.1) is 0 Å². The number of nitrogens with zero attached hydrogens (tertiary/aromatic N) is 2. The van der Waals surface area contributed by atoms with Crippen LogP contribution in [0.2, 0.25) is 0 Å². The SMILES string of the molecule is CN(CCCN)C(=O)c1ccon1. The number of carbonyl (C=O) groups is 1. The maximum absolute atomic E-state index is 11.5. The van der Waals surface area contributed by atoms with E-state index >= 15 is 0 Å². The van der Waals surface area contributed by atoms with E-state index in [4.69, 9.17) is 5.73 Å². The molecule has 0 fully saturated rings. The van der Waals surface area contributed by atoms with Crippen LogP contribution in [-0.2, 0) is 0 Å². The van der Waals surface area contributed by atoms with E-state index in [-0.39, 0.29) is 5.91 Å². The van der Waals surface area contributed by atoms with Crippen LogP contribution in [0.25, 0.3) is 0 Å². The Kier molecular flexibility index (Phi) is 3.45. The molecular weight excluding hydrogens is 170 g/mol. The minimum Gasteiger partial charge on any atom is -0.364 e. The normalized spacial score (nSPS) is 10.0. The van der Waals surface area contributed by atoms with Crippen molar-refractivity contribution in [1.29, 1.82) is 0 Å². The third-order valence-electron chi connectivity index (χ3n) is 1.70. The average Bonchev–Trinajstić information content (AvgIpc) is 2.65. The molecule has 1 aromatic rings. The first-order valence-electron chi connectivity index (χ1n) is 4.11. The number of aromatic nitrogens is 1. The molecule has 5 nitrogen and oxygen atoms in total. The van der Waals surface area contributed by atoms with Gasteiger partial charge >= 0.3 is 0 Å². The Morgan fingerprint density at radius 3 is 3.08 bits per heavy atom. The van der Waals surface area contributed by atoms with Gasteiger partial charge in [0.1, 0.15) is 6.26 Å². The Labute approximate surface area is 76.5 Å². The molecule has 72 valence electrons. The molecule has 2 N–H and O–H groups in total. The lowest BCUT2D eigenvalue weighted by atomic mass is 10.3. The summed E-state index contributed by atoms with van der Waals surface area (Å²) in [5, 5.41) is 3.55. The lowest BCUT2D eigenvalue weighted by Crippen LogP contribution is -2.29. The molecule has 5 heteroatoms. The van der Waals surface area contributed by atoms with Crippen molar-refractivity contribution in [2.24, 2.45) is 5.73 Å². The van der Waals surface area contributed by atoms with E-state index < -0.39 is 0 Å². The highest BCUT2D eigenvalue weighted by Gasteiger charge is 2.13. The highest BCUT2D eigenvalue weighted by atomic mass is 16.5. The minimum atomic E-state index is -0.137. The summed E-state index contributed by atoms with van der Waals surface area (Å²) in [6.07, 6.45) is 2.17. The van der Waals surface area contributed by atoms with Crippen molar-refractivity contribution in [2.45, 2.75) is 6.42 Å². The molecule has 0 radical (unpaired) electrons. The zero-order valence-corrected chi connectivity index (χ0v) is 7.56. The van der Waals surface area contributed by atoms with Gasteiger partial charge in [0.15, 0.2) is 5.69 Å². The number of hydrogen-bond donors (Lipinski definition) is 1. The van der Waals surface area contributed by atoms with Crippen molar-refractivity contribution >= 4 is 5.91 Å². The summed E-state index contributed by atoms with van der Waals surface area (Å²) in [6.45, 7) is 1.22. The van der Waals surface area contributed by atoms with E-state index in [1.54, 1.807) is 18.0 Å². The third kappa shape index (κ3) is 2.55. The van der Waals surface area contributed by atoms with Gasteiger partial charge in [-0.3, -0.25) is 4.79 Å². The molecule has 0 bridgehead atoms. The first kappa shape index (κ1) is 9.73. The van der Waals surface area contributed by atoms with Gasteiger partial charge in [-0.1, -0.05) is 5.16 Å². The zero-order valence-electron chi connectivity index (χ0n) is 7.56. The molecular formula is C8H13N3O2. The Hall–Kier alpha value is -1.36. The van der Waals surface area contributed by atoms with E-state index in [0.29, 0.717) is 18.8 Å². The number of amides is 1. The molecule has 1 amide bonds. The van der Waals surface area contributed by atoms with Crippen LogP contribution in [0.5, 0.6) is 0 Å². The second kappa shape index (κ2) is 4.61. The van der Waals surface area contributed by atoms with Crippen LogP contribution < -0.4 is 5.73 Å². The lowest BCUT2D eigenvalue weighted by molar-refractivity contribution is 0.0784. The van der Waals surface area contributed by atoms with Gasteiger partial charge in [-0.25, -0.2) is 0 Å². The van der Waals surface area contributed by atoms with E-state index in [1.807, 2.05) is 0 Å². The number of hydrogen-bond acceptors (Lipinski definition) is 4. The summed E-state index contributed by atoms with van der Waals surface area (Å²) in [7, 11) is 1.71. The number of nitrogens with two attached hydrogens (primary N) is 1. The van der Waals surface area contributed by atoms with E-state index in [2.05, 4.69) is 9.68 Å². The van der Waals surface area contributed by atoms with Gasteiger partial charge in [-0.2, -0.15) is 0 Å². The average molecular weight is 183 g/mol. The maximum atomic E-state index is 11.5. The van der Waals surface area contributed by atoms with Crippen molar-refractivity contribution in [3.8, 4) is 0 Å². The monoisotopic (exact) mass is 183 g/mol. The van der Waals surface area contributed by atoms with Gasteiger partial charge in [0.25, 0.3) is 5.91 Å². The standard InChI is InChI=1S/C8H13N3O2/c1-11(5-2-4-9)8(12)7-3-6-13-10-7/h3,6H,2,4-5,9H2,1H3. The van der Waals surface area contributed by atoms with Crippen LogP contribution in [0.15, 0.2) is 16.9 Å². The quantitative estimate of drug-likeness (QED) is 0.718. The van der Waals surface area contributed by atoms with Crippen LogP contribution >= 0.6 is 0 Å². The highest BCUT2D eigenvalue weighted by molar-refractivity contribution is 5.91. The van der Waals surface area contributed by atoms with Crippen molar-refractivity contribution in [3.05, 3.63) is 18.0 Å². The van der Waals surface area contributed by atoms with Crippen LogP contribution in [0.4, 0.5) is 0 Å². The molecule has 0 aliphatic heterocycles. The third-order valence-corrected chi connectivity index (χ3v) is 1.70. The van der Waals surface area contributed by atoms with E-state index in [1.165, 1.54) is 6.26 Å². The molecule has 0 aliphatic carbocycles. The largest absolute Gasteiger partial charge is 0.364 e. The first-order valence-corrected chi connectivity index (χ1v) is 4.11. The predicted octanol–water partition coefficient (Wildman–Crippen LogP) is 0.0954. The van der Waals surface area contributed by atoms with Crippen molar-refractivity contribution in [1.82, 2.24) is 10.1 Å². The summed E-state index contributed by atoms with van der Waals surface area (Å²) in [5.74, 6) is -0.137. The summed E-state index contributed by atoms with van der Waals surface area (Å²) in [5.41, 5.74) is 5.66. The van der Waals surface area contributed by atoms with Gasteiger partial charge in [0.2, 0.25) is 0 Å². The molecule has 0 saturated carbocycles. The molecule has 0 aromatic carbocycles. The predicted molar refractivity (Wildman–Crippen MR) is 47.1 cm³/mol. The van der Waals surface area contributed by atoms with Crippen molar-refractivity contribution < 1.29 is 9.32 Å². The Balaban J connectivity index is 2.48. The fourth-order valence-electron chi connectivity index (χ4n) is 0.948. The number of carbonyl (C=O) groups excluding carboxylic acids is 1. The molecule has 13 heavy (non-hydrogen) atoms. The highest BCUT2D eigenvalue weighted by Crippen LogP contribution is 1.99. The molecule has 0 aliphatic rings. The number of rotatable bonds is 4. The topological polar surface area (TPSA) is 72.4 Å². The fraction of sp³-hybridized carbons (Fsp3) is 0.500. The second-order valence-corrected chi connectivity index (χ2v) is 2.75. The Morgan fingerprint density at radius 2 is 2.54 bits per heavy atom. The zero-order chi connectivity index (χ0) is 9.68. The Bertz CT molecular complexity index is 258. The molecule has 0 spiro atoms. The molecule has 1 heterocycles. The first-order chi connectivity index (χ1) is 6.25. The summed E-state index contributed by atoms with van der Waals surface area (Å²) >= 11 is 0. The molecule has 0 unspecified atom stereocenters. The second-order valence-electron chi connectivity index (χ2n) is 2.75. The maximum Gasteiger partial charge on any atom is 0.275 e. The van der Waals surface area contributed by atoms with E-state index in [9.17, 15) is 4.79 Å². The van der Waals surface area contributed by atoms with Crippen molar-refractivity contribution in [3.63, 3.8) is 0 Å². The summed E-state index contributed by atoms with van der Waals surface area (Å²) < 4.78 is 4.57. The molecule has 0 saturated heterocycles. The summed E-state index contributed by atoms with van der Waals surface area (Å²) in [6, 6.07) is 1.54. The smallest absolute Gasteiger partial charge is 0.275 e. The minimum absolute atomic E-state index is 0.137. The van der Waals surface area contributed by atoms with Crippen LogP contribution in [-0.4, -0.2) is 36.1 Å². The molecule has 1 rings (SSSR count). The van der Waals surface area contributed by atoms with Gasteiger partial charge in [-0.05, 0) is 13.0 Å². The van der Waals surface area contributed by atoms with Gasteiger partial charge in [0, 0.05) is 19.7 Å². The lowest BCUT2D eigenvalue weighted by Gasteiger charge is -2.14. The molecule has 0 atom stereocenters. The Morgan fingerprint density at radius 1 is 1.77 bits per heavy atom. The van der Waals surface area contributed by atoms with Gasteiger partial charge in [-0.15, -0.1) is 0 Å². The van der Waals surface area contributed by atoms with Gasteiger partial charge < -0.3 is 15.2 Å². The van der Waals surface area contributed by atoms with Crippen molar-refractivity contribution in [2.75, 3.05) is 20.1 Å². The fourth-order valence-corrected chi connectivity index (χ4v) is 0.948. The molecule has 1 aromatic heterocycles. The van der Waals surface area contributed by atoms with E-state index in [0.717, 1.165) is 6.42 Å². The van der Waals surface area contributed by atoms with Crippen LogP contribution in [0.3, 0.4) is 0 Å².